The summed E-state index contributed by atoms with van der Waals surface area (Å²) >= 11 is 0. The standard InChI is InChI=1S/C15H23N3O2/c1-4-11(3)17-10-14(19)18-13-8-6-7-12(9-13)15(20)16-5-2/h6-9,11,17H,4-5,10H2,1-3H3,(H,16,20)(H,18,19). The monoisotopic (exact) mass is 277 g/mol. The maximum atomic E-state index is 11.8. The Hall–Kier alpha value is -1.88. The van der Waals surface area contributed by atoms with E-state index in [2.05, 4.69) is 22.9 Å². The highest BCUT2D eigenvalue weighted by Crippen LogP contribution is 2.10. The van der Waals surface area contributed by atoms with Gasteiger partial charge in [0.05, 0.1) is 6.54 Å². The quantitative estimate of drug-likeness (QED) is 0.711. The highest BCUT2D eigenvalue weighted by atomic mass is 16.2. The Morgan fingerprint density at radius 3 is 2.65 bits per heavy atom. The molecule has 0 aliphatic rings. The van der Waals surface area contributed by atoms with E-state index in [9.17, 15) is 9.59 Å². The van der Waals surface area contributed by atoms with Crippen molar-refractivity contribution in [1.29, 1.82) is 0 Å². The summed E-state index contributed by atoms with van der Waals surface area (Å²) in [5.74, 6) is -0.250. The molecular weight excluding hydrogens is 254 g/mol. The Labute approximate surface area is 120 Å². The molecular formula is C15H23N3O2. The highest BCUT2D eigenvalue weighted by Gasteiger charge is 2.07. The molecule has 0 aliphatic heterocycles. The van der Waals surface area contributed by atoms with Gasteiger partial charge in [-0.2, -0.15) is 0 Å². The summed E-state index contributed by atoms with van der Waals surface area (Å²) in [5.41, 5.74) is 1.17. The van der Waals surface area contributed by atoms with Gasteiger partial charge in [0.15, 0.2) is 0 Å². The molecule has 0 aliphatic carbocycles. The molecule has 1 atom stereocenters. The smallest absolute Gasteiger partial charge is 0.251 e. The number of nitrogens with one attached hydrogen (secondary N) is 3. The van der Waals surface area contributed by atoms with Gasteiger partial charge in [-0.05, 0) is 38.5 Å². The summed E-state index contributed by atoms with van der Waals surface area (Å²) in [6.45, 7) is 6.80. The molecule has 0 spiro atoms. The number of amides is 2. The summed E-state index contributed by atoms with van der Waals surface area (Å²) in [6, 6.07) is 7.22. The van der Waals surface area contributed by atoms with Crippen LogP contribution in [0.15, 0.2) is 24.3 Å². The lowest BCUT2D eigenvalue weighted by Gasteiger charge is -2.11. The summed E-state index contributed by atoms with van der Waals surface area (Å²) < 4.78 is 0. The topological polar surface area (TPSA) is 70.2 Å². The molecule has 110 valence electrons. The molecule has 0 fully saturated rings. The van der Waals surface area contributed by atoms with E-state index in [1.54, 1.807) is 24.3 Å². The third-order valence-corrected chi connectivity index (χ3v) is 2.97. The first-order valence-electron chi connectivity index (χ1n) is 6.98. The van der Waals surface area contributed by atoms with E-state index >= 15 is 0 Å². The van der Waals surface area contributed by atoms with Crippen LogP contribution in [0, 0.1) is 0 Å². The Bertz CT molecular complexity index is 460. The lowest BCUT2D eigenvalue weighted by Crippen LogP contribution is -2.34. The molecule has 5 nitrogen and oxygen atoms in total. The Morgan fingerprint density at radius 2 is 2.00 bits per heavy atom. The maximum Gasteiger partial charge on any atom is 0.251 e. The molecule has 5 heteroatoms. The van der Waals surface area contributed by atoms with Crippen LogP contribution in [0.2, 0.25) is 0 Å². The van der Waals surface area contributed by atoms with Crippen molar-refractivity contribution in [3.05, 3.63) is 29.8 Å². The second-order valence-corrected chi connectivity index (χ2v) is 4.68. The first-order valence-corrected chi connectivity index (χ1v) is 6.98. The zero-order valence-electron chi connectivity index (χ0n) is 12.3. The molecule has 0 saturated carbocycles. The average Bonchev–Trinajstić information content (AvgIpc) is 2.45. The van der Waals surface area contributed by atoms with Crippen molar-refractivity contribution in [2.75, 3.05) is 18.4 Å². The SMILES string of the molecule is CCNC(=O)c1cccc(NC(=O)CNC(C)CC)c1. The van der Waals surface area contributed by atoms with Gasteiger partial charge in [0.2, 0.25) is 5.91 Å². The summed E-state index contributed by atoms with van der Waals surface area (Å²) in [5, 5.41) is 8.62. The molecule has 1 aromatic carbocycles. The Balaban J connectivity index is 2.57. The minimum Gasteiger partial charge on any atom is -0.352 e. The van der Waals surface area contributed by atoms with Crippen molar-refractivity contribution in [3.63, 3.8) is 0 Å². The van der Waals surface area contributed by atoms with Crippen molar-refractivity contribution in [3.8, 4) is 0 Å². The third kappa shape index (κ3) is 5.40. The molecule has 1 rings (SSSR count). The van der Waals surface area contributed by atoms with Crippen LogP contribution in [0.5, 0.6) is 0 Å². The second-order valence-electron chi connectivity index (χ2n) is 4.68. The van der Waals surface area contributed by atoms with Gasteiger partial charge in [0.1, 0.15) is 0 Å². The van der Waals surface area contributed by atoms with Gasteiger partial charge in [0, 0.05) is 23.8 Å². The van der Waals surface area contributed by atoms with E-state index in [-0.39, 0.29) is 18.4 Å². The van der Waals surface area contributed by atoms with Crippen LogP contribution in [0.25, 0.3) is 0 Å². The Kier molecular flexibility index (Phi) is 6.73. The fraction of sp³-hybridized carbons (Fsp3) is 0.467. The first-order chi connectivity index (χ1) is 9.56. The summed E-state index contributed by atoms with van der Waals surface area (Å²) in [4.78, 5) is 23.5. The van der Waals surface area contributed by atoms with Gasteiger partial charge in [0.25, 0.3) is 5.91 Å². The van der Waals surface area contributed by atoms with Crippen molar-refractivity contribution in [1.82, 2.24) is 10.6 Å². The predicted octanol–water partition coefficient (Wildman–Crippen LogP) is 1.76. The number of anilines is 1. The van der Waals surface area contributed by atoms with Crippen LogP contribution in [-0.4, -0.2) is 30.9 Å². The maximum absolute atomic E-state index is 11.8. The van der Waals surface area contributed by atoms with Crippen molar-refractivity contribution in [2.24, 2.45) is 0 Å². The summed E-state index contributed by atoms with van der Waals surface area (Å²) in [7, 11) is 0. The van der Waals surface area contributed by atoms with E-state index < -0.39 is 0 Å². The number of hydrogen-bond donors (Lipinski definition) is 3. The fourth-order valence-corrected chi connectivity index (χ4v) is 1.62. The van der Waals surface area contributed by atoms with Gasteiger partial charge < -0.3 is 16.0 Å². The summed E-state index contributed by atoms with van der Waals surface area (Å²) in [6.07, 6.45) is 0.972. The zero-order chi connectivity index (χ0) is 15.0. The molecule has 2 amide bonds. The second kappa shape index (κ2) is 8.32. The first kappa shape index (κ1) is 16.2. The van der Waals surface area contributed by atoms with E-state index in [0.717, 1.165) is 6.42 Å². The molecule has 0 bridgehead atoms. The number of rotatable bonds is 7. The highest BCUT2D eigenvalue weighted by molar-refractivity contribution is 5.97. The van der Waals surface area contributed by atoms with E-state index in [4.69, 9.17) is 0 Å². The minimum atomic E-state index is -0.138. The number of hydrogen-bond acceptors (Lipinski definition) is 3. The lowest BCUT2D eigenvalue weighted by atomic mass is 10.2. The molecule has 1 aromatic rings. The molecule has 0 aromatic heterocycles. The Morgan fingerprint density at radius 1 is 1.25 bits per heavy atom. The molecule has 0 heterocycles. The van der Waals surface area contributed by atoms with Crippen LogP contribution in [0.1, 0.15) is 37.6 Å². The van der Waals surface area contributed by atoms with Crippen LogP contribution >= 0.6 is 0 Å². The largest absolute Gasteiger partial charge is 0.352 e. The number of carbonyl (C=O) groups is 2. The van der Waals surface area contributed by atoms with Crippen molar-refractivity contribution >= 4 is 17.5 Å². The molecule has 0 saturated heterocycles. The van der Waals surface area contributed by atoms with Gasteiger partial charge >= 0.3 is 0 Å². The van der Waals surface area contributed by atoms with E-state index in [1.807, 2.05) is 13.8 Å². The number of carbonyl (C=O) groups excluding carboxylic acids is 2. The van der Waals surface area contributed by atoms with Gasteiger partial charge in [-0.25, -0.2) is 0 Å². The van der Waals surface area contributed by atoms with Crippen molar-refractivity contribution in [2.45, 2.75) is 33.2 Å². The van der Waals surface area contributed by atoms with E-state index in [1.165, 1.54) is 0 Å². The van der Waals surface area contributed by atoms with Crippen LogP contribution in [0.3, 0.4) is 0 Å². The fourth-order valence-electron chi connectivity index (χ4n) is 1.62. The minimum absolute atomic E-state index is 0.113. The van der Waals surface area contributed by atoms with Crippen LogP contribution in [-0.2, 0) is 4.79 Å². The molecule has 1 unspecified atom stereocenters. The van der Waals surface area contributed by atoms with Crippen LogP contribution in [0.4, 0.5) is 5.69 Å². The van der Waals surface area contributed by atoms with Gasteiger partial charge in [-0.1, -0.05) is 13.0 Å². The predicted molar refractivity (Wildman–Crippen MR) is 80.8 cm³/mol. The number of benzene rings is 1. The molecule has 20 heavy (non-hydrogen) atoms. The molecule has 3 N–H and O–H groups in total. The third-order valence-electron chi connectivity index (χ3n) is 2.97. The average molecular weight is 277 g/mol. The van der Waals surface area contributed by atoms with Gasteiger partial charge in [-0.3, -0.25) is 9.59 Å². The van der Waals surface area contributed by atoms with Gasteiger partial charge in [-0.15, -0.1) is 0 Å². The molecule has 0 radical (unpaired) electrons. The zero-order valence-corrected chi connectivity index (χ0v) is 12.3. The normalized spacial score (nSPS) is 11.8. The van der Waals surface area contributed by atoms with Crippen LogP contribution < -0.4 is 16.0 Å². The lowest BCUT2D eigenvalue weighted by molar-refractivity contribution is -0.115. The van der Waals surface area contributed by atoms with E-state index in [0.29, 0.717) is 23.8 Å². The van der Waals surface area contributed by atoms with Crippen molar-refractivity contribution < 1.29 is 9.59 Å².